The number of amides is 2. The van der Waals surface area contributed by atoms with Gasteiger partial charge in [-0.15, -0.1) is 0 Å². The number of non-ortho nitro benzene ring substituents is 1. The Morgan fingerprint density at radius 1 is 1.33 bits per heavy atom. The number of nitro groups is 1. The maximum absolute atomic E-state index is 12.4. The highest BCUT2D eigenvalue weighted by Crippen LogP contribution is 2.29. The Hall–Kier alpha value is -3.43. The van der Waals surface area contributed by atoms with E-state index >= 15 is 0 Å². The third-order valence-corrected chi connectivity index (χ3v) is 4.54. The van der Waals surface area contributed by atoms with Crippen molar-refractivity contribution in [2.24, 2.45) is 11.7 Å². The fourth-order valence-corrected chi connectivity index (χ4v) is 3.15. The number of piperidine rings is 1. The van der Waals surface area contributed by atoms with Crippen LogP contribution in [0.3, 0.4) is 0 Å². The number of hydrogen-bond donors (Lipinski definition) is 2. The van der Waals surface area contributed by atoms with Gasteiger partial charge >= 0.3 is 0 Å². The molecule has 0 bridgehead atoms. The van der Waals surface area contributed by atoms with Gasteiger partial charge in [-0.1, -0.05) is 5.16 Å². The van der Waals surface area contributed by atoms with Gasteiger partial charge in [0.1, 0.15) is 5.76 Å². The van der Waals surface area contributed by atoms with Crippen molar-refractivity contribution in [2.75, 3.05) is 23.3 Å². The highest BCUT2D eigenvalue weighted by atomic mass is 16.6. The Kier molecular flexibility index (Phi) is 5.06. The standard InChI is InChI=1S/C17H19N5O5/c1-10-8-15(20-27-10)19-17(24)11-4-6-21(7-5-11)14-3-2-12(22(25)26)9-13(14)16(18)23/h2-3,8-9,11H,4-7H2,1H3,(H2,18,23)(H,19,20,24). The van der Waals surface area contributed by atoms with Crippen molar-refractivity contribution >= 4 is 29.0 Å². The summed E-state index contributed by atoms with van der Waals surface area (Å²) in [6.07, 6.45) is 1.13. The van der Waals surface area contributed by atoms with Crippen LogP contribution in [0.5, 0.6) is 0 Å². The predicted octanol–water partition coefficient (Wildman–Crippen LogP) is 1.85. The molecule has 1 aromatic carbocycles. The van der Waals surface area contributed by atoms with Crippen molar-refractivity contribution in [1.82, 2.24) is 5.16 Å². The maximum Gasteiger partial charge on any atom is 0.270 e. The summed E-state index contributed by atoms with van der Waals surface area (Å²) in [7, 11) is 0. The molecule has 1 aliphatic heterocycles. The SMILES string of the molecule is Cc1cc(NC(=O)C2CCN(c3ccc([N+](=O)[O-])cc3C(N)=O)CC2)no1. The fourth-order valence-electron chi connectivity index (χ4n) is 3.15. The Labute approximate surface area is 154 Å². The van der Waals surface area contributed by atoms with Crippen molar-refractivity contribution in [3.05, 3.63) is 45.7 Å². The molecule has 27 heavy (non-hydrogen) atoms. The molecule has 0 saturated carbocycles. The first kappa shape index (κ1) is 18.4. The van der Waals surface area contributed by atoms with Gasteiger partial charge in [-0.25, -0.2) is 0 Å². The van der Waals surface area contributed by atoms with E-state index in [-0.39, 0.29) is 23.1 Å². The third kappa shape index (κ3) is 4.05. The van der Waals surface area contributed by atoms with Crippen molar-refractivity contribution in [2.45, 2.75) is 19.8 Å². The first-order valence-corrected chi connectivity index (χ1v) is 8.42. The second-order valence-corrected chi connectivity index (χ2v) is 6.40. The fraction of sp³-hybridized carbons (Fsp3) is 0.353. The van der Waals surface area contributed by atoms with Crippen LogP contribution in [-0.4, -0.2) is 35.0 Å². The number of aromatic nitrogens is 1. The van der Waals surface area contributed by atoms with Gasteiger partial charge in [0.25, 0.3) is 11.6 Å². The van der Waals surface area contributed by atoms with E-state index in [2.05, 4.69) is 10.5 Å². The molecule has 0 spiro atoms. The van der Waals surface area contributed by atoms with Crippen molar-refractivity contribution in [3.63, 3.8) is 0 Å². The van der Waals surface area contributed by atoms with Gasteiger partial charge in [-0.3, -0.25) is 19.7 Å². The molecule has 1 saturated heterocycles. The molecule has 2 amide bonds. The van der Waals surface area contributed by atoms with Crippen LogP contribution in [0.2, 0.25) is 0 Å². The lowest BCUT2D eigenvalue weighted by molar-refractivity contribution is -0.384. The van der Waals surface area contributed by atoms with Crippen molar-refractivity contribution < 1.29 is 19.0 Å². The normalized spacial score (nSPS) is 14.8. The largest absolute Gasteiger partial charge is 0.371 e. The summed E-state index contributed by atoms with van der Waals surface area (Å²) < 4.78 is 4.92. The van der Waals surface area contributed by atoms with Crippen LogP contribution in [0.4, 0.5) is 17.2 Å². The van der Waals surface area contributed by atoms with E-state index in [0.29, 0.717) is 43.2 Å². The summed E-state index contributed by atoms with van der Waals surface area (Å²) in [5.74, 6) is -0.0753. The number of nitrogens with one attached hydrogen (secondary N) is 1. The second-order valence-electron chi connectivity index (χ2n) is 6.40. The molecular formula is C17H19N5O5. The lowest BCUT2D eigenvalue weighted by Crippen LogP contribution is -2.39. The van der Waals surface area contributed by atoms with Crippen LogP contribution in [0.25, 0.3) is 0 Å². The molecule has 1 aromatic heterocycles. The number of hydrogen-bond acceptors (Lipinski definition) is 7. The molecule has 1 aliphatic rings. The van der Waals surface area contributed by atoms with Gasteiger partial charge in [-0.2, -0.15) is 0 Å². The van der Waals surface area contributed by atoms with E-state index in [0.717, 1.165) is 0 Å². The molecule has 1 fully saturated rings. The van der Waals surface area contributed by atoms with Crippen LogP contribution >= 0.6 is 0 Å². The van der Waals surface area contributed by atoms with Crippen LogP contribution in [-0.2, 0) is 4.79 Å². The van der Waals surface area contributed by atoms with Gasteiger partial charge in [0.05, 0.1) is 16.2 Å². The van der Waals surface area contributed by atoms with E-state index in [9.17, 15) is 19.7 Å². The lowest BCUT2D eigenvalue weighted by atomic mass is 9.95. The first-order valence-electron chi connectivity index (χ1n) is 8.42. The summed E-state index contributed by atoms with van der Waals surface area (Å²) in [6, 6.07) is 5.69. The van der Waals surface area contributed by atoms with E-state index in [4.69, 9.17) is 10.3 Å². The molecule has 3 rings (SSSR count). The molecule has 0 atom stereocenters. The number of rotatable bonds is 5. The van der Waals surface area contributed by atoms with E-state index < -0.39 is 10.8 Å². The minimum Gasteiger partial charge on any atom is -0.371 e. The highest BCUT2D eigenvalue weighted by Gasteiger charge is 2.28. The van der Waals surface area contributed by atoms with Crippen LogP contribution < -0.4 is 16.0 Å². The number of primary amides is 1. The number of carbonyl (C=O) groups is 2. The predicted molar refractivity (Wildman–Crippen MR) is 96.4 cm³/mol. The molecule has 0 unspecified atom stereocenters. The third-order valence-electron chi connectivity index (χ3n) is 4.54. The van der Waals surface area contributed by atoms with Crippen LogP contribution in [0.15, 0.2) is 28.8 Å². The topological polar surface area (TPSA) is 145 Å². The summed E-state index contributed by atoms with van der Waals surface area (Å²) >= 11 is 0. The number of carbonyl (C=O) groups excluding carboxylic acids is 2. The number of benzene rings is 1. The maximum atomic E-state index is 12.4. The lowest BCUT2D eigenvalue weighted by Gasteiger charge is -2.33. The van der Waals surface area contributed by atoms with E-state index in [1.54, 1.807) is 13.0 Å². The molecule has 10 heteroatoms. The van der Waals surface area contributed by atoms with Crippen molar-refractivity contribution in [3.8, 4) is 0 Å². The number of aryl methyl sites for hydroxylation is 1. The Morgan fingerprint density at radius 3 is 2.59 bits per heavy atom. The smallest absolute Gasteiger partial charge is 0.270 e. The summed E-state index contributed by atoms with van der Waals surface area (Å²) in [6.45, 7) is 2.78. The number of nitro benzene ring substituents is 1. The van der Waals surface area contributed by atoms with Crippen LogP contribution in [0, 0.1) is 23.0 Å². The van der Waals surface area contributed by atoms with E-state index in [1.165, 1.54) is 18.2 Å². The number of nitrogens with two attached hydrogens (primary N) is 1. The highest BCUT2D eigenvalue weighted by molar-refractivity contribution is 5.99. The quantitative estimate of drug-likeness (QED) is 0.601. The summed E-state index contributed by atoms with van der Waals surface area (Å²) in [4.78, 5) is 36.3. The van der Waals surface area contributed by atoms with Gasteiger partial charge in [0.2, 0.25) is 5.91 Å². The molecule has 2 aromatic rings. The van der Waals surface area contributed by atoms with Gasteiger partial charge in [0.15, 0.2) is 5.82 Å². The Bertz CT molecular complexity index is 886. The molecule has 142 valence electrons. The Morgan fingerprint density at radius 2 is 2.04 bits per heavy atom. The molecule has 3 N–H and O–H groups in total. The molecule has 10 nitrogen and oxygen atoms in total. The first-order chi connectivity index (χ1) is 12.8. The minimum absolute atomic E-state index is 0.102. The second kappa shape index (κ2) is 7.44. The summed E-state index contributed by atoms with van der Waals surface area (Å²) in [5.41, 5.74) is 5.84. The number of anilines is 2. The molecular weight excluding hydrogens is 354 g/mol. The zero-order valence-corrected chi connectivity index (χ0v) is 14.7. The Balaban J connectivity index is 1.67. The van der Waals surface area contributed by atoms with Crippen LogP contribution in [0.1, 0.15) is 29.0 Å². The number of nitrogens with zero attached hydrogens (tertiary/aromatic N) is 3. The zero-order chi connectivity index (χ0) is 19.6. The van der Waals surface area contributed by atoms with Crippen molar-refractivity contribution in [1.29, 1.82) is 0 Å². The monoisotopic (exact) mass is 373 g/mol. The molecule has 0 radical (unpaired) electrons. The molecule has 0 aliphatic carbocycles. The molecule has 2 heterocycles. The average Bonchev–Trinajstić information content (AvgIpc) is 3.06. The van der Waals surface area contributed by atoms with Gasteiger partial charge < -0.3 is 20.5 Å². The summed E-state index contributed by atoms with van der Waals surface area (Å²) in [5, 5.41) is 17.4. The van der Waals surface area contributed by atoms with Gasteiger partial charge in [-0.05, 0) is 25.8 Å². The minimum atomic E-state index is -0.727. The van der Waals surface area contributed by atoms with E-state index in [1.807, 2.05) is 4.90 Å². The zero-order valence-electron chi connectivity index (χ0n) is 14.7. The van der Waals surface area contributed by atoms with Gasteiger partial charge in [0, 0.05) is 37.2 Å². The average molecular weight is 373 g/mol.